The van der Waals surface area contributed by atoms with Gasteiger partial charge in [0, 0.05) is 24.8 Å². The Bertz CT molecular complexity index is 707. The molecule has 0 unspecified atom stereocenters. The molecule has 1 N–H and O–H groups in total. The first-order chi connectivity index (χ1) is 11.0. The zero-order valence-electron chi connectivity index (χ0n) is 13.1. The summed E-state index contributed by atoms with van der Waals surface area (Å²) in [7, 11) is 1.71. The fourth-order valence-corrected chi connectivity index (χ4v) is 3.29. The van der Waals surface area contributed by atoms with Crippen LogP contribution in [0.15, 0.2) is 36.5 Å². The van der Waals surface area contributed by atoms with Gasteiger partial charge in [0.05, 0.1) is 11.3 Å². The molecule has 0 radical (unpaired) electrons. The first-order valence-corrected chi connectivity index (χ1v) is 8.14. The monoisotopic (exact) mass is 333 g/mol. The van der Waals surface area contributed by atoms with Gasteiger partial charge in [0.2, 0.25) is 0 Å². The molecule has 3 rings (SSSR count). The van der Waals surface area contributed by atoms with Crippen LogP contribution in [0.5, 0.6) is 0 Å². The SMILES string of the molecule is CN(CC1(O)CCCC1)C(=O)c1ccn(-c2cccc(Cl)c2)n1. The van der Waals surface area contributed by atoms with E-state index in [1.165, 1.54) is 0 Å². The van der Waals surface area contributed by atoms with Crippen molar-refractivity contribution < 1.29 is 9.90 Å². The molecule has 1 saturated carbocycles. The summed E-state index contributed by atoms with van der Waals surface area (Å²) < 4.78 is 1.62. The third kappa shape index (κ3) is 3.57. The molecule has 0 bridgehead atoms. The van der Waals surface area contributed by atoms with E-state index in [-0.39, 0.29) is 5.91 Å². The number of aliphatic hydroxyl groups is 1. The summed E-state index contributed by atoms with van der Waals surface area (Å²) >= 11 is 5.98. The molecule has 1 aliphatic rings. The minimum absolute atomic E-state index is 0.189. The molecule has 6 heteroatoms. The maximum absolute atomic E-state index is 12.5. The van der Waals surface area contributed by atoms with Crippen LogP contribution >= 0.6 is 11.6 Å². The Morgan fingerprint density at radius 2 is 2.13 bits per heavy atom. The average Bonchev–Trinajstić information content (AvgIpc) is 3.16. The van der Waals surface area contributed by atoms with E-state index in [4.69, 9.17) is 11.6 Å². The largest absolute Gasteiger partial charge is 0.388 e. The zero-order chi connectivity index (χ0) is 16.4. The molecule has 1 amide bonds. The molecule has 1 fully saturated rings. The lowest BCUT2D eigenvalue weighted by Gasteiger charge is -2.28. The fraction of sp³-hybridized carbons (Fsp3) is 0.412. The standard InChI is InChI=1S/C17H20ClN3O2/c1-20(12-17(23)8-2-3-9-17)16(22)15-7-10-21(19-15)14-6-4-5-13(18)11-14/h4-7,10-11,23H,2-3,8-9,12H2,1H3. The second-order valence-electron chi connectivity index (χ2n) is 6.22. The van der Waals surface area contributed by atoms with E-state index in [9.17, 15) is 9.90 Å². The number of halogens is 1. The summed E-state index contributed by atoms with van der Waals surface area (Å²) in [6, 6.07) is 8.96. The maximum atomic E-state index is 12.5. The highest BCUT2D eigenvalue weighted by molar-refractivity contribution is 6.30. The van der Waals surface area contributed by atoms with Gasteiger partial charge in [0.25, 0.3) is 5.91 Å². The topological polar surface area (TPSA) is 58.4 Å². The summed E-state index contributed by atoms with van der Waals surface area (Å²) in [5.41, 5.74) is 0.405. The molecule has 0 spiro atoms. The van der Waals surface area contributed by atoms with Gasteiger partial charge in [-0.05, 0) is 37.1 Å². The van der Waals surface area contributed by atoms with Crippen molar-refractivity contribution >= 4 is 17.5 Å². The number of likely N-dealkylation sites (N-methyl/N-ethyl adjacent to an activating group) is 1. The van der Waals surface area contributed by atoms with Crippen LogP contribution in [0.25, 0.3) is 5.69 Å². The van der Waals surface area contributed by atoms with Crippen LogP contribution in [-0.4, -0.2) is 44.9 Å². The summed E-state index contributed by atoms with van der Waals surface area (Å²) in [4.78, 5) is 14.1. The van der Waals surface area contributed by atoms with Gasteiger partial charge < -0.3 is 10.0 Å². The van der Waals surface area contributed by atoms with Crippen molar-refractivity contribution in [2.45, 2.75) is 31.3 Å². The van der Waals surface area contributed by atoms with Crippen LogP contribution in [-0.2, 0) is 0 Å². The molecule has 0 saturated heterocycles. The number of amides is 1. The molecule has 0 atom stereocenters. The van der Waals surface area contributed by atoms with Crippen molar-refractivity contribution in [1.82, 2.24) is 14.7 Å². The molecule has 23 heavy (non-hydrogen) atoms. The van der Waals surface area contributed by atoms with Gasteiger partial charge in [-0.15, -0.1) is 0 Å². The lowest BCUT2D eigenvalue weighted by molar-refractivity contribution is 0.0154. The van der Waals surface area contributed by atoms with Crippen LogP contribution in [0.3, 0.4) is 0 Å². The highest BCUT2D eigenvalue weighted by atomic mass is 35.5. The Morgan fingerprint density at radius 3 is 2.83 bits per heavy atom. The third-order valence-electron chi connectivity index (χ3n) is 4.29. The van der Waals surface area contributed by atoms with Gasteiger partial charge in [0.1, 0.15) is 0 Å². The van der Waals surface area contributed by atoms with E-state index in [1.807, 2.05) is 12.1 Å². The molecule has 1 aliphatic carbocycles. The van der Waals surface area contributed by atoms with E-state index >= 15 is 0 Å². The molecule has 2 aromatic rings. The number of hydrogen-bond acceptors (Lipinski definition) is 3. The Morgan fingerprint density at radius 1 is 1.39 bits per heavy atom. The van der Waals surface area contributed by atoms with E-state index in [0.29, 0.717) is 17.3 Å². The van der Waals surface area contributed by atoms with E-state index in [1.54, 1.807) is 41.0 Å². The number of nitrogens with zero attached hydrogens (tertiary/aromatic N) is 3. The van der Waals surface area contributed by atoms with Crippen molar-refractivity contribution in [2.75, 3.05) is 13.6 Å². The summed E-state index contributed by atoms with van der Waals surface area (Å²) in [6.07, 6.45) is 5.27. The van der Waals surface area contributed by atoms with Gasteiger partial charge in [-0.1, -0.05) is 30.5 Å². The number of carbonyl (C=O) groups is 1. The van der Waals surface area contributed by atoms with Crippen molar-refractivity contribution in [3.63, 3.8) is 0 Å². The van der Waals surface area contributed by atoms with E-state index in [0.717, 1.165) is 31.4 Å². The quantitative estimate of drug-likeness (QED) is 0.936. The van der Waals surface area contributed by atoms with Crippen molar-refractivity contribution in [3.05, 3.63) is 47.2 Å². The Kier molecular flexibility index (Phi) is 4.41. The fourth-order valence-electron chi connectivity index (χ4n) is 3.10. The zero-order valence-corrected chi connectivity index (χ0v) is 13.8. The van der Waals surface area contributed by atoms with Crippen LogP contribution < -0.4 is 0 Å². The summed E-state index contributed by atoms with van der Waals surface area (Å²) in [5, 5.41) is 15.4. The summed E-state index contributed by atoms with van der Waals surface area (Å²) in [6.45, 7) is 0.343. The van der Waals surface area contributed by atoms with Crippen LogP contribution in [0.2, 0.25) is 5.02 Å². The molecular formula is C17H20ClN3O2. The predicted molar refractivity (Wildman–Crippen MR) is 89.0 cm³/mol. The van der Waals surface area contributed by atoms with Crippen LogP contribution in [0.1, 0.15) is 36.2 Å². The van der Waals surface area contributed by atoms with Gasteiger partial charge in [-0.25, -0.2) is 4.68 Å². The molecule has 0 aliphatic heterocycles. The predicted octanol–water partition coefficient (Wildman–Crippen LogP) is 2.90. The van der Waals surface area contributed by atoms with Crippen molar-refractivity contribution in [3.8, 4) is 5.69 Å². The molecule has 1 aromatic heterocycles. The Balaban J connectivity index is 1.73. The third-order valence-corrected chi connectivity index (χ3v) is 4.53. The number of carbonyl (C=O) groups excluding carboxylic acids is 1. The number of hydrogen-bond donors (Lipinski definition) is 1. The van der Waals surface area contributed by atoms with Crippen molar-refractivity contribution in [1.29, 1.82) is 0 Å². The molecular weight excluding hydrogens is 314 g/mol. The smallest absolute Gasteiger partial charge is 0.274 e. The van der Waals surface area contributed by atoms with E-state index < -0.39 is 5.60 Å². The number of rotatable bonds is 4. The first kappa shape index (κ1) is 16.0. The minimum Gasteiger partial charge on any atom is -0.388 e. The van der Waals surface area contributed by atoms with Gasteiger partial charge in [-0.3, -0.25) is 4.79 Å². The second kappa shape index (κ2) is 6.34. The van der Waals surface area contributed by atoms with Crippen molar-refractivity contribution in [2.24, 2.45) is 0 Å². The second-order valence-corrected chi connectivity index (χ2v) is 6.65. The lowest BCUT2D eigenvalue weighted by atomic mass is 10.0. The lowest BCUT2D eigenvalue weighted by Crippen LogP contribution is -2.42. The highest BCUT2D eigenvalue weighted by Crippen LogP contribution is 2.30. The average molecular weight is 334 g/mol. The highest BCUT2D eigenvalue weighted by Gasteiger charge is 2.33. The van der Waals surface area contributed by atoms with Crippen LogP contribution in [0.4, 0.5) is 0 Å². The number of benzene rings is 1. The maximum Gasteiger partial charge on any atom is 0.274 e. The first-order valence-electron chi connectivity index (χ1n) is 7.76. The van der Waals surface area contributed by atoms with Gasteiger partial charge in [0.15, 0.2) is 5.69 Å². The molecule has 5 nitrogen and oxygen atoms in total. The molecule has 1 aromatic carbocycles. The van der Waals surface area contributed by atoms with Crippen LogP contribution in [0, 0.1) is 0 Å². The number of aromatic nitrogens is 2. The Hall–Kier alpha value is -1.85. The van der Waals surface area contributed by atoms with Gasteiger partial charge in [-0.2, -0.15) is 5.10 Å². The summed E-state index contributed by atoms with van der Waals surface area (Å²) in [5.74, 6) is -0.189. The Labute approximate surface area is 140 Å². The molecule has 1 heterocycles. The molecule has 122 valence electrons. The minimum atomic E-state index is -0.750. The van der Waals surface area contributed by atoms with E-state index in [2.05, 4.69) is 5.10 Å². The van der Waals surface area contributed by atoms with Gasteiger partial charge >= 0.3 is 0 Å². The normalized spacial score (nSPS) is 16.5.